The number of hydrogen-bond donors (Lipinski definition) is 1. The summed E-state index contributed by atoms with van der Waals surface area (Å²) in [4.78, 5) is 1.21. The number of fused-ring (bicyclic) bond motifs is 1. The van der Waals surface area contributed by atoms with Gasteiger partial charge in [0.05, 0.1) is 24.9 Å². The molecule has 2 heterocycles. The number of ether oxygens (including phenoxy) is 1. The number of methoxy groups -OCH3 is 1. The third-order valence-electron chi connectivity index (χ3n) is 5.08. The number of rotatable bonds is 5. The van der Waals surface area contributed by atoms with Crippen LogP contribution in [0.15, 0.2) is 12.3 Å². The Morgan fingerprint density at radius 3 is 2.96 bits per heavy atom. The van der Waals surface area contributed by atoms with E-state index in [9.17, 15) is 0 Å². The molecule has 23 heavy (non-hydrogen) atoms. The second-order valence-corrected chi connectivity index (χ2v) is 7.51. The second-order valence-electron chi connectivity index (χ2n) is 6.62. The molecule has 0 saturated heterocycles. The molecule has 2 aliphatic rings. The van der Waals surface area contributed by atoms with Gasteiger partial charge < -0.3 is 10.1 Å². The average molecular weight is 332 g/mol. The lowest BCUT2D eigenvalue weighted by Crippen LogP contribution is -2.24. The molecule has 0 aromatic carbocycles. The van der Waals surface area contributed by atoms with Crippen LogP contribution in [0.25, 0.3) is 0 Å². The Morgan fingerprint density at radius 2 is 2.17 bits per heavy atom. The second kappa shape index (κ2) is 6.61. The van der Waals surface area contributed by atoms with Crippen molar-refractivity contribution in [1.29, 1.82) is 0 Å². The standard InChI is InChI=1S/C17H24N4OS/c1-22-16-9-14(23-20-16)10-18-15-8-4-5-12-11-21(19-17(12)15)13-6-2-3-7-13/h9,11,13,15,18H,2-8,10H2,1H3. The molecule has 124 valence electrons. The molecule has 5 nitrogen and oxygen atoms in total. The summed E-state index contributed by atoms with van der Waals surface area (Å²) in [7, 11) is 1.66. The number of nitrogens with one attached hydrogen (secondary N) is 1. The Balaban J connectivity index is 1.46. The first-order valence-electron chi connectivity index (χ1n) is 8.64. The van der Waals surface area contributed by atoms with E-state index >= 15 is 0 Å². The van der Waals surface area contributed by atoms with Crippen LogP contribution in [0.2, 0.25) is 0 Å². The van der Waals surface area contributed by atoms with Crippen LogP contribution in [0, 0.1) is 0 Å². The summed E-state index contributed by atoms with van der Waals surface area (Å²) in [5.41, 5.74) is 2.72. The van der Waals surface area contributed by atoms with Crippen molar-refractivity contribution in [1.82, 2.24) is 19.5 Å². The fraction of sp³-hybridized carbons (Fsp3) is 0.647. The van der Waals surface area contributed by atoms with E-state index in [1.54, 1.807) is 7.11 Å². The van der Waals surface area contributed by atoms with Gasteiger partial charge in [0.15, 0.2) is 0 Å². The molecule has 0 spiro atoms. The summed E-state index contributed by atoms with van der Waals surface area (Å²) in [6.07, 6.45) is 11.2. The summed E-state index contributed by atoms with van der Waals surface area (Å²) in [6, 6.07) is 3.01. The topological polar surface area (TPSA) is 52.0 Å². The van der Waals surface area contributed by atoms with Crippen molar-refractivity contribution in [2.45, 2.75) is 63.6 Å². The van der Waals surface area contributed by atoms with Gasteiger partial charge in [-0.3, -0.25) is 4.68 Å². The summed E-state index contributed by atoms with van der Waals surface area (Å²) >= 11 is 1.51. The van der Waals surface area contributed by atoms with Crippen LogP contribution >= 0.6 is 11.5 Å². The van der Waals surface area contributed by atoms with Gasteiger partial charge in [-0.2, -0.15) is 9.47 Å². The molecule has 1 saturated carbocycles. The molecule has 1 unspecified atom stereocenters. The minimum absolute atomic E-state index is 0.370. The lowest BCUT2D eigenvalue weighted by molar-refractivity contribution is 0.401. The van der Waals surface area contributed by atoms with Gasteiger partial charge >= 0.3 is 0 Å². The molecule has 2 aromatic heterocycles. The Hall–Kier alpha value is -1.40. The molecule has 0 bridgehead atoms. The van der Waals surface area contributed by atoms with Gasteiger partial charge in [0.1, 0.15) is 0 Å². The van der Waals surface area contributed by atoms with Crippen molar-refractivity contribution in [3.8, 4) is 5.88 Å². The zero-order chi connectivity index (χ0) is 15.6. The molecule has 1 fully saturated rings. The number of hydrogen-bond acceptors (Lipinski definition) is 5. The lowest BCUT2D eigenvalue weighted by atomic mass is 9.94. The highest BCUT2D eigenvalue weighted by molar-refractivity contribution is 7.05. The van der Waals surface area contributed by atoms with Crippen molar-refractivity contribution in [3.05, 3.63) is 28.4 Å². The number of nitrogens with zero attached hydrogens (tertiary/aromatic N) is 3. The van der Waals surface area contributed by atoms with E-state index in [1.807, 2.05) is 6.07 Å². The van der Waals surface area contributed by atoms with Crippen molar-refractivity contribution in [3.63, 3.8) is 0 Å². The monoisotopic (exact) mass is 332 g/mol. The number of aromatic nitrogens is 3. The van der Waals surface area contributed by atoms with Crippen molar-refractivity contribution < 1.29 is 4.74 Å². The minimum atomic E-state index is 0.370. The Labute approximate surface area is 141 Å². The van der Waals surface area contributed by atoms with Crippen LogP contribution in [-0.4, -0.2) is 21.3 Å². The fourth-order valence-corrected chi connectivity index (χ4v) is 4.45. The van der Waals surface area contributed by atoms with E-state index in [2.05, 4.69) is 20.6 Å². The Kier molecular flexibility index (Phi) is 4.35. The largest absolute Gasteiger partial charge is 0.480 e. The van der Waals surface area contributed by atoms with Crippen LogP contribution in [0.3, 0.4) is 0 Å². The van der Waals surface area contributed by atoms with Gasteiger partial charge in [-0.25, -0.2) is 0 Å². The van der Waals surface area contributed by atoms with Crippen LogP contribution < -0.4 is 10.1 Å². The molecule has 4 rings (SSSR count). The highest BCUT2D eigenvalue weighted by Gasteiger charge is 2.26. The van der Waals surface area contributed by atoms with E-state index in [4.69, 9.17) is 9.84 Å². The Bertz CT molecular complexity index is 659. The maximum atomic E-state index is 5.16. The molecule has 2 aliphatic carbocycles. The van der Waals surface area contributed by atoms with Crippen molar-refractivity contribution in [2.75, 3.05) is 7.11 Å². The van der Waals surface area contributed by atoms with Gasteiger partial charge in [-0.05, 0) is 49.2 Å². The molecule has 1 atom stereocenters. The van der Waals surface area contributed by atoms with E-state index in [1.165, 1.54) is 72.6 Å². The molecular weight excluding hydrogens is 308 g/mol. The summed E-state index contributed by atoms with van der Waals surface area (Å²) in [5, 5.41) is 8.64. The molecule has 6 heteroatoms. The third kappa shape index (κ3) is 3.15. The van der Waals surface area contributed by atoms with Crippen LogP contribution in [0.5, 0.6) is 5.88 Å². The molecule has 1 N–H and O–H groups in total. The first-order valence-corrected chi connectivity index (χ1v) is 9.41. The highest BCUT2D eigenvalue weighted by atomic mass is 32.1. The molecule has 0 amide bonds. The highest BCUT2D eigenvalue weighted by Crippen LogP contribution is 2.34. The molecular formula is C17H24N4OS. The lowest BCUT2D eigenvalue weighted by Gasteiger charge is -2.22. The smallest absolute Gasteiger partial charge is 0.225 e. The molecule has 0 radical (unpaired) electrons. The van der Waals surface area contributed by atoms with Crippen LogP contribution in [-0.2, 0) is 13.0 Å². The maximum Gasteiger partial charge on any atom is 0.225 e. The molecule has 0 aliphatic heterocycles. The Morgan fingerprint density at radius 1 is 1.30 bits per heavy atom. The SMILES string of the molecule is COc1cc(CNC2CCCc3cn(C4CCCC4)nc32)sn1. The van der Waals surface area contributed by atoms with Gasteiger partial charge in [0, 0.05) is 23.7 Å². The normalized spacial score (nSPS) is 21.5. The van der Waals surface area contributed by atoms with Crippen LogP contribution in [0.1, 0.15) is 66.7 Å². The van der Waals surface area contributed by atoms with Gasteiger partial charge in [-0.1, -0.05) is 12.8 Å². The van der Waals surface area contributed by atoms with Crippen molar-refractivity contribution >= 4 is 11.5 Å². The van der Waals surface area contributed by atoms with E-state index in [0.29, 0.717) is 18.0 Å². The summed E-state index contributed by atoms with van der Waals surface area (Å²) < 4.78 is 11.7. The fourth-order valence-electron chi connectivity index (χ4n) is 3.81. The summed E-state index contributed by atoms with van der Waals surface area (Å²) in [6.45, 7) is 0.835. The van der Waals surface area contributed by atoms with Gasteiger partial charge in [-0.15, -0.1) is 0 Å². The molecule has 2 aromatic rings. The van der Waals surface area contributed by atoms with Crippen molar-refractivity contribution in [2.24, 2.45) is 0 Å². The number of aryl methyl sites for hydroxylation is 1. The van der Waals surface area contributed by atoms with Gasteiger partial charge in [0.25, 0.3) is 0 Å². The first-order chi connectivity index (χ1) is 11.3. The first kappa shape index (κ1) is 15.1. The predicted molar refractivity (Wildman–Crippen MR) is 90.9 cm³/mol. The summed E-state index contributed by atoms with van der Waals surface area (Å²) in [5.74, 6) is 0.710. The van der Waals surface area contributed by atoms with E-state index in [0.717, 1.165) is 6.54 Å². The predicted octanol–water partition coefficient (Wildman–Crippen LogP) is 3.63. The van der Waals surface area contributed by atoms with Crippen LogP contribution in [0.4, 0.5) is 0 Å². The zero-order valence-electron chi connectivity index (χ0n) is 13.6. The quantitative estimate of drug-likeness (QED) is 0.908. The third-order valence-corrected chi connectivity index (χ3v) is 5.85. The van der Waals surface area contributed by atoms with E-state index < -0.39 is 0 Å². The zero-order valence-corrected chi connectivity index (χ0v) is 14.4. The average Bonchev–Trinajstić information content (AvgIpc) is 3.31. The minimum Gasteiger partial charge on any atom is -0.480 e. The maximum absolute atomic E-state index is 5.16. The van der Waals surface area contributed by atoms with Gasteiger partial charge in [0.2, 0.25) is 5.88 Å². The van der Waals surface area contributed by atoms with E-state index in [-0.39, 0.29) is 0 Å².